The van der Waals surface area contributed by atoms with Gasteiger partial charge in [-0.3, -0.25) is 19.6 Å². The van der Waals surface area contributed by atoms with Crippen molar-refractivity contribution in [1.29, 1.82) is 0 Å². The SMILES string of the molecule is CC(C)(CCl)C(=O)Nc1ccc(NS(=O)(=O)c2cccc(N(C(=O)O)c3ccc([N+](=O)[O-])cc3)c2)cc1. The lowest BCUT2D eigenvalue weighted by molar-refractivity contribution is -0.384. The Bertz CT molecular complexity index is 1430. The maximum Gasteiger partial charge on any atom is 0.416 e. The predicted octanol–water partition coefficient (Wildman–Crippen LogP) is 5.42. The van der Waals surface area contributed by atoms with E-state index >= 15 is 0 Å². The summed E-state index contributed by atoms with van der Waals surface area (Å²) in [6, 6.07) is 16.0. The molecule has 0 saturated heterocycles. The average molecular weight is 547 g/mol. The number of carbonyl (C=O) groups excluding carboxylic acids is 1. The summed E-state index contributed by atoms with van der Waals surface area (Å²) < 4.78 is 28.4. The summed E-state index contributed by atoms with van der Waals surface area (Å²) in [4.78, 5) is 35.1. The van der Waals surface area contributed by atoms with E-state index < -0.39 is 26.5 Å². The van der Waals surface area contributed by atoms with Crippen molar-refractivity contribution in [2.75, 3.05) is 20.8 Å². The van der Waals surface area contributed by atoms with Gasteiger partial charge in [0.1, 0.15) is 0 Å². The number of anilines is 4. The minimum absolute atomic E-state index is 0.0178. The molecule has 0 spiro atoms. The molecule has 0 aliphatic carbocycles. The van der Waals surface area contributed by atoms with E-state index in [-0.39, 0.29) is 39.4 Å². The van der Waals surface area contributed by atoms with Gasteiger partial charge in [0, 0.05) is 29.4 Å². The first-order valence-electron chi connectivity index (χ1n) is 10.7. The zero-order chi connectivity index (χ0) is 27.4. The van der Waals surface area contributed by atoms with Crippen LogP contribution in [0.1, 0.15) is 13.8 Å². The highest BCUT2D eigenvalue weighted by molar-refractivity contribution is 7.92. The van der Waals surface area contributed by atoms with Crippen LogP contribution in [0.15, 0.2) is 77.7 Å². The summed E-state index contributed by atoms with van der Waals surface area (Å²) in [7, 11) is -4.12. The number of nitrogens with zero attached hydrogens (tertiary/aromatic N) is 2. The molecule has 0 saturated carbocycles. The number of nitro groups is 1. The Morgan fingerprint density at radius 2 is 1.59 bits per heavy atom. The van der Waals surface area contributed by atoms with Gasteiger partial charge in [0.05, 0.1) is 26.6 Å². The normalized spacial score (nSPS) is 11.4. The number of nitrogens with one attached hydrogen (secondary N) is 2. The Balaban J connectivity index is 1.82. The topological polar surface area (TPSA) is 159 Å². The van der Waals surface area contributed by atoms with Crippen molar-refractivity contribution in [2.45, 2.75) is 18.7 Å². The Labute approximate surface area is 217 Å². The lowest BCUT2D eigenvalue weighted by atomic mass is 9.95. The molecule has 3 aromatic carbocycles. The molecule has 3 aromatic rings. The summed E-state index contributed by atoms with van der Waals surface area (Å²) in [6.45, 7) is 3.39. The highest BCUT2D eigenvalue weighted by Gasteiger charge is 2.26. The van der Waals surface area contributed by atoms with Crippen molar-refractivity contribution in [1.82, 2.24) is 0 Å². The van der Waals surface area contributed by atoms with E-state index in [4.69, 9.17) is 11.6 Å². The number of hydrogen-bond donors (Lipinski definition) is 3. The molecule has 0 aromatic heterocycles. The van der Waals surface area contributed by atoms with Gasteiger partial charge in [0.2, 0.25) is 5.91 Å². The molecule has 37 heavy (non-hydrogen) atoms. The van der Waals surface area contributed by atoms with E-state index in [0.29, 0.717) is 5.69 Å². The predicted molar refractivity (Wildman–Crippen MR) is 140 cm³/mol. The molecule has 0 bridgehead atoms. The molecule has 194 valence electrons. The van der Waals surface area contributed by atoms with Crippen LogP contribution in [0, 0.1) is 15.5 Å². The average Bonchev–Trinajstić information content (AvgIpc) is 2.85. The number of halogens is 1. The number of sulfonamides is 1. The Hall–Kier alpha value is -4.16. The van der Waals surface area contributed by atoms with Gasteiger partial charge in [-0.05, 0) is 68.4 Å². The van der Waals surface area contributed by atoms with Crippen molar-refractivity contribution in [3.05, 3.63) is 82.9 Å². The van der Waals surface area contributed by atoms with Crippen LogP contribution in [-0.4, -0.2) is 36.3 Å². The second kappa shape index (κ2) is 10.8. The smallest absolute Gasteiger partial charge is 0.416 e. The zero-order valence-corrected chi connectivity index (χ0v) is 21.3. The van der Waals surface area contributed by atoms with E-state index in [1.807, 2.05) is 0 Å². The summed E-state index contributed by atoms with van der Waals surface area (Å²) in [5.41, 5.74) is -0.230. The molecule has 0 aliphatic rings. The molecule has 3 rings (SSSR count). The zero-order valence-electron chi connectivity index (χ0n) is 19.7. The van der Waals surface area contributed by atoms with Crippen LogP contribution in [0.5, 0.6) is 0 Å². The second-order valence-corrected chi connectivity index (χ2v) is 10.5. The Morgan fingerprint density at radius 3 is 2.14 bits per heavy atom. The summed E-state index contributed by atoms with van der Waals surface area (Å²) in [5, 5.41) is 23.3. The first kappa shape index (κ1) is 27.4. The van der Waals surface area contributed by atoms with Crippen molar-refractivity contribution in [2.24, 2.45) is 5.41 Å². The molecule has 0 radical (unpaired) electrons. The molecule has 0 fully saturated rings. The number of alkyl halides is 1. The van der Waals surface area contributed by atoms with Gasteiger partial charge < -0.3 is 10.4 Å². The first-order chi connectivity index (χ1) is 17.3. The Morgan fingerprint density at radius 1 is 1.00 bits per heavy atom. The number of carboxylic acid groups (broad SMARTS) is 1. The molecule has 0 unspecified atom stereocenters. The van der Waals surface area contributed by atoms with Crippen LogP contribution in [-0.2, 0) is 14.8 Å². The van der Waals surface area contributed by atoms with Gasteiger partial charge in [-0.25, -0.2) is 18.1 Å². The minimum Gasteiger partial charge on any atom is -0.464 e. The molecule has 0 atom stereocenters. The number of benzene rings is 3. The van der Waals surface area contributed by atoms with Gasteiger partial charge in [0.15, 0.2) is 0 Å². The minimum atomic E-state index is -4.12. The maximum atomic E-state index is 13.0. The molecule has 2 amide bonds. The van der Waals surface area contributed by atoms with Crippen LogP contribution in [0.4, 0.5) is 33.2 Å². The van der Waals surface area contributed by atoms with Crippen LogP contribution in [0.3, 0.4) is 0 Å². The third-order valence-corrected chi connectivity index (χ3v) is 7.29. The molecule has 3 N–H and O–H groups in total. The summed E-state index contributed by atoms with van der Waals surface area (Å²) >= 11 is 5.81. The van der Waals surface area contributed by atoms with Crippen LogP contribution in [0.2, 0.25) is 0 Å². The van der Waals surface area contributed by atoms with Crippen molar-refractivity contribution >= 4 is 62.1 Å². The van der Waals surface area contributed by atoms with Crippen molar-refractivity contribution in [3.8, 4) is 0 Å². The van der Waals surface area contributed by atoms with Gasteiger partial charge in [0.25, 0.3) is 15.7 Å². The van der Waals surface area contributed by atoms with E-state index in [1.165, 1.54) is 60.7 Å². The fraction of sp³-hybridized carbons (Fsp3) is 0.167. The van der Waals surface area contributed by atoms with E-state index in [9.17, 15) is 33.2 Å². The lowest BCUT2D eigenvalue weighted by Crippen LogP contribution is -2.32. The third-order valence-electron chi connectivity index (χ3n) is 5.24. The van der Waals surface area contributed by atoms with Crippen molar-refractivity contribution < 1.29 is 28.0 Å². The number of carbonyl (C=O) groups is 2. The van der Waals surface area contributed by atoms with Gasteiger partial charge >= 0.3 is 6.09 Å². The van der Waals surface area contributed by atoms with Crippen LogP contribution < -0.4 is 14.9 Å². The maximum absolute atomic E-state index is 13.0. The fourth-order valence-corrected chi connectivity index (χ4v) is 4.30. The number of non-ortho nitro benzene ring substituents is 1. The Kier molecular flexibility index (Phi) is 8.04. The largest absolute Gasteiger partial charge is 0.464 e. The number of hydrogen-bond acceptors (Lipinski definition) is 6. The van der Waals surface area contributed by atoms with E-state index in [0.717, 1.165) is 17.0 Å². The fourth-order valence-electron chi connectivity index (χ4n) is 3.08. The summed E-state index contributed by atoms with van der Waals surface area (Å²) in [5.74, 6) is -0.164. The quantitative estimate of drug-likeness (QED) is 0.183. The lowest BCUT2D eigenvalue weighted by Gasteiger charge is -2.20. The van der Waals surface area contributed by atoms with Crippen LogP contribution in [0.25, 0.3) is 0 Å². The number of nitro benzene ring substituents is 1. The van der Waals surface area contributed by atoms with E-state index in [1.54, 1.807) is 13.8 Å². The van der Waals surface area contributed by atoms with Crippen molar-refractivity contribution in [3.63, 3.8) is 0 Å². The number of rotatable bonds is 9. The number of amides is 2. The second-order valence-electron chi connectivity index (χ2n) is 8.54. The van der Waals surface area contributed by atoms with E-state index in [2.05, 4.69) is 10.0 Å². The third kappa shape index (κ3) is 6.54. The van der Waals surface area contributed by atoms with Crippen LogP contribution >= 0.6 is 11.6 Å². The molecule has 11 nitrogen and oxygen atoms in total. The molecular formula is C24H23ClN4O7S. The monoisotopic (exact) mass is 546 g/mol. The first-order valence-corrected chi connectivity index (χ1v) is 12.7. The highest BCUT2D eigenvalue weighted by atomic mass is 35.5. The molecule has 0 heterocycles. The molecule has 13 heteroatoms. The van der Waals surface area contributed by atoms with Gasteiger partial charge in [-0.15, -0.1) is 11.6 Å². The molecule has 0 aliphatic heterocycles. The van der Waals surface area contributed by atoms with Gasteiger partial charge in [-0.1, -0.05) is 6.07 Å². The van der Waals surface area contributed by atoms with Gasteiger partial charge in [-0.2, -0.15) is 0 Å². The standard InChI is InChI=1S/C24H23ClN4O7S/c1-24(2,15-25)22(30)26-16-6-8-17(9-7-16)27-37(35,36)21-5-3-4-20(14-21)28(23(31)32)18-10-12-19(13-11-18)29(33)34/h3-14,27H,15H2,1-2H3,(H,26,30)(H,31,32). The molecular weight excluding hydrogens is 524 g/mol. The highest BCUT2D eigenvalue weighted by Crippen LogP contribution is 2.30. The summed E-state index contributed by atoms with van der Waals surface area (Å²) in [6.07, 6.45) is -1.41.